The van der Waals surface area contributed by atoms with E-state index in [2.05, 4.69) is 20.8 Å². The van der Waals surface area contributed by atoms with Crippen LogP contribution in [0.25, 0.3) is 0 Å². The van der Waals surface area contributed by atoms with Gasteiger partial charge < -0.3 is 19.9 Å². The number of amides is 1. The molecule has 0 saturated carbocycles. The monoisotopic (exact) mass is 320 g/mol. The van der Waals surface area contributed by atoms with Gasteiger partial charge in [0.1, 0.15) is 11.9 Å². The van der Waals surface area contributed by atoms with Crippen molar-refractivity contribution in [1.29, 1.82) is 0 Å². The summed E-state index contributed by atoms with van der Waals surface area (Å²) in [6, 6.07) is 6.81. The zero-order chi connectivity index (χ0) is 16.2. The van der Waals surface area contributed by atoms with E-state index >= 15 is 0 Å². The minimum atomic E-state index is -0.913. The molecule has 1 saturated heterocycles. The van der Waals surface area contributed by atoms with Crippen LogP contribution in [0.1, 0.15) is 24.2 Å². The van der Waals surface area contributed by atoms with Gasteiger partial charge in [-0.25, -0.2) is 4.39 Å². The Hall–Kier alpha value is -2.48. The number of alkyl halides is 1. The maximum Gasteiger partial charge on any atom is 0.243 e. The molecule has 8 heteroatoms. The van der Waals surface area contributed by atoms with Gasteiger partial charge in [-0.15, -0.1) is 0 Å². The highest BCUT2D eigenvalue weighted by Crippen LogP contribution is 2.24. The lowest BCUT2D eigenvalue weighted by atomic mass is 10.2. The third-order valence-electron chi connectivity index (χ3n) is 3.56. The van der Waals surface area contributed by atoms with Crippen molar-refractivity contribution in [2.24, 2.45) is 0 Å². The van der Waals surface area contributed by atoms with Gasteiger partial charge in [0.25, 0.3) is 0 Å². The first kappa shape index (κ1) is 15.4. The van der Waals surface area contributed by atoms with E-state index in [0.29, 0.717) is 23.7 Å². The summed E-state index contributed by atoms with van der Waals surface area (Å²) in [6.45, 7) is 0.274. The van der Waals surface area contributed by atoms with E-state index in [1.165, 1.54) is 7.11 Å². The molecule has 1 amide bonds. The summed E-state index contributed by atoms with van der Waals surface area (Å²) in [5.74, 6) is 0.852. The highest BCUT2D eigenvalue weighted by atomic mass is 19.1. The Morgan fingerprint density at radius 3 is 3.09 bits per heavy atom. The number of ether oxygens (including phenoxy) is 1. The van der Waals surface area contributed by atoms with Gasteiger partial charge in [-0.3, -0.25) is 4.79 Å². The highest BCUT2D eigenvalue weighted by molar-refractivity contribution is 5.93. The highest BCUT2D eigenvalue weighted by Gasteiger charge is 2.29. The summed E-state index contributed by atoms with van der Waals surface area (Å²) < 4.78 is 23.4. The number of nitrogens with one attached hydrogen (secondary N) is 2. The fraction of sp³-hybridized carbons (Fsp3) is 0.400. The molecule has 2 aromatic rings. The second-order valence-electron chi connectivity index (χ2n) is 5.27. The van der Waals surface area contributed by atoms with Crippen molar-refractivity contribution in [3.05, 3.63) is 36.0 Å². The van der Waals surface area contributed by atoms with Crippen LogP contribution in [0.3, 0.4) is 0 Å². The normalized spacial score (nSPS) is 20.4. The van der Waals surface area contributed by atoms with Crippen LogP contribution in [0, 0.1) is 0 Å². The number of aromatic nitrogens is 2. The van der Waals surface area contributed by atoms with Gasteiger partial charge in [-0.2, -0.15) is 4.98 Å². The van der Waals surface area contributed by atoms with E-state index < -0.39 is 6.17 Å². The molecule has 1 aromatic heterocycles. The number of carbonyl (C=O) groups is 1. The molecule has 2 heterocycles. The van der Waals surface area contributed by atoms with Crippen LogP contribution >= 0.6 is 0 Å². The number of para-hydroxylation sites is 2. The van der Waals surface area contributed by atoms with E-state index in [-0.39, 0.29) is 30.7 Å². The molecule has 122 valence electrons. The Bertz CT molecular complexity index is 691. The molecule has 1 aromatic carbocycles. The number of halogens is 1. The summed E-state index contributed by atoms with van der Waals surface area (Å²) in [5, 5.41) is 9.46. The summed E-state index contributed by atoms with van der Waals surface area (Å²) in [5.41, 5.74) is 0.571. The number of methoxy groups -OCH3 is 1. The Kier molecular flexibility index (Phi) is 4.52. The fourth-order valence-electron chi connectivity index (χ4n) is 2.45. The SMILES string of the molecule is COc1ccccc1NC(=O)Cc1noc([C@H]2C[C@H](F)CN2)n1. The molecular weight excluding hydrogens is 303 g/mol. The quantitative estimate of drug-likeness (QED) is 0.870. The van der Waals surface area contributed by atoms with Gasteiger partial charge in [-0.05, 0) is 12.1 Å². The fourth-order valence-corrected chi connectivity index (χ4v) is 2.45. The Morgan fingerprint density at radius 1 is 1.52 bits per heavy atom. The third kappa shape index (κ3) is 3.65. The van der Waals surface area contributed by atoms with Gasteiger partial charge in [0.05, 0.1) is 25.3 Å². The standard InChI is InChI=1S/C15H17FN4O3/c1-22-12-5-3-2-4-10(12)18-14(21)7-13-19-15(23-20-13)11-6-9(16)8-17-11/h2-5,9,11,17H,6-8H2,1H3,(H,18,21)/t9-,11+/m0/s1. The number of rotatable bonds is 5. The first-order valence-corrected chi connectivity index (χ1v) is 7.28. The van der Waals surface area contributed by atoms with E-state index in [4.69, 9.17) is 9.26 Å². The molecule has 1 aliphatic rings. The minimum Gasteiger partial charge on any atom is -0.495 e. The van der Waals surface area contributed by atoms with Crippen molar-refractivity contribution in [2.45, 2.75) is 25.1 Å². The summed E-state index contributed by atoms with van der Waals surface area (Å²) in [6.07, 6.45) is -0.647. The second kappa shape index (κ2) is 6.74. The van der Waals surface area contributed by atoms with E-state index in [0.717, 1.165) is 0 Å². The first-order valence-electron chi connectivity index (χ1n) is 7.28. The molecule has 0 unspecified atom stereocenters. The van der Waals surface area contributed by atoms with Crippen molar-refractivity contribution >= 4 is 11.6 Å². The molecule has 0 aliphatic carbocycles. The van der Waals surface area contributed by atoms with Crippen LogP contribution in [0.15, 0.2) is 28.8 Å². The van der Waals surface area contributed by atoms with Crippen LogP contribution in [0.5, 0.6) is 5.75 Å². The molecule has 0 radical (unpaired) electrons. The number of carbonyl (C=O) groups excluding carboxylic acids is 1. The van der Waals surface area contributed by atoms with Gasteiger partial charge in [-0.1, -0.05) is 17.3 Å². The molecule has 7 nitrogen and oxygen atoms in total. The van der Waals surface area contributed by atoms with Crippen LogP contribution < -0.4 is 15.4 Å². The molecule has 23 heavy (non-hydrogen) atoms. The zero-order valence-electron chi connectivity index (χ0n) is 12.6. The van der Waals surface area contributed by atoms with Crippen molar-refractivity contribution in [3.8, 4) is 5.75 Å². The lowest BCUT2D eigenvalue weighted by Gasteiger charge is -2.08. The average molecular weight is 320 g/mol. The van der Waals surface area contributed by atoms with Crippen molar-refractivity contribution in [2.75, 3.05) is 19.0 Å². The van der Waals surface area contributed by atoms with Crippen LogP contribution in [-0.2, 0) is 11.2 Å². The minimum absolute atomic E-state index is 0.0344. The smallest absolute Gasteiger partial charge is 0.243 e. The molecule has 1 aliphatic heterocycles. The topological polar surface area (TPSA) is 89.3 Å². The third-order valence-corrected chi connectivity index (χ3v) is 3.56. The summed E-state index contributed by atoms with van der Waals surface area (Å²) in [7, 11) is 1.53. The van der Waals surface area contributed by atoms with E-state index in [1.54, 1.807) is 18.2 Å². The molecular formula is C15H17FN4O3. The average Bonchev–Trinajstić information content (AvgIpc) is 3.16. The Morgan fingerprint density at radius 2 is 2.35 bits per heavy atom. The van der Waals surface area contributed by atoms with Crippen molar-refractivity contribution in [3.63, 3.8) is 0 Å². The van der Waals surface area contributed by atoms with Gasteiger partial charge in [0.15, 0.2) is 5.82 Å². The van der Waals surface area contributed by atoms with Crippen LogP contribution in [-0.4, -0.2) is 35.9 Å². The van der Waals surface area contributed by atoms with Crippen LogP contribution in [0.4, 0.5) is 10.1 Å². The lowest BCUT2D eigenvalue weighted by Crippen LogP contribution is -2.16. The van der Waals surface area contributed by atoms with Gasteiger partial charge in [0.2, 0.25) is 11.8 Å². The molecule has 2 N–H and O–H groups in total. The first-order chi connectivity index (χ1) is 11.2. The molecule has 0 bridgehead atoms. The predicted octanol–water partition coefficient (Wildman–Crippen LogP) is 1.63. The maximum atomic E-state index is 13.2. The predicted molar refractivity (Wildman–Crippen MR) is 79.9 cm³/mol. The largest absolute Gasteiger partial charge is 0.495 e. The number of benzene rings is 1. The number of anilines is 1. The lowest BCUT2D eigenvalue weighted by molar-refractivity contribution is -0.115. The van der Waals surface area contributed by atoms with E-state index in [1.807, 2.05) is 6.07 Å². The Labute approximate surface area is 132 Å². The molecule has 1 fully saturated rings. The Balaban J connectivity index is 1.61. The number of nitrogens with zero attached hydrogens (tertiary/aromatic N) is 2. The zero-order valence-corrected chi connectivity index (χ0v) is 12.6. The van der Waals surface area contributed by atoms with Crippen molar-refractivity contribution < 1.29 is 18.4 Å². The number of hydrogen-bond donors (Lipinski definition) is 2. The van der Waals surface area contributed by atoms with Gasteiger partial charge in [0, 0.05) is 13.0 Å². The molecule has 0 spiro atoms. The summed E-state index contributed by atoms with van der Waals surface area (Å²) in [4.78, 5) is 16.2. The summed E-state index contributed by atoms with van der Waals surface area (Å²) >= 11 is 0. The second-order valence-corrected chi connectivity index (χ2v) is 5.27. The molecule has 2 atom stereocenters. The van der Waals surface area contributed by atoms with Crippen molar-refractivity contribution in [1.82, 2.24) is 15.5 Å². The number of hydrogen-bond acceptors (Lipinski definition) is 6. The van der Waals surface area contributed by atoms with E-state index in [9.17, 15) is 9.18 Å². The van der Waals surface area contributed by atoms with Crippen LogP contribution in [0.2, 0.25) is 0 Å². The molecule has 3 rings (SSSR count). The maximum absolute atomic E-state index is 13.2. The van der Waals surface area contributed by atoms with Gasteiger partial charge >= 0.3 is 0 Å².